The van der Waals surface area contributed by atoms with Crippen molar-refractivity contribution in [3.63, 3.8) is 0 Å². The van der Waals surface area contributed by atoms with E-state index in [0.717, 1.165) is 17.7 Å². The smallest absolute Gasteiger partial charge is 0.237 e. The van der Waals surface area contributed by atoms with Gasteiger partial charge in [0.15, 0.2) is 0 Å². The molecule has 0 bridgehead atoms. The molecular weight excluding hydrogens is 282 g/mol. The number of hydrogen-bond acceptors (Lipinski definition) is 1. The number of carbonyl (C=O) groups excluding carboxylic acids is 1. The molecule has 0 spiro atoms. The molecular formula is C18H30ClNO. The summed E-state index contributed by atoms with van der Waals surface area (Å²) in [6.07, 6.45) is 0.807. The minimum atomic E-state index is -0.408. The minimum Gasteiger partial charge on any atom is -0.313 e. The van der Waals surface area contributed by atoms with Crippen LogP contribution in [0.1, 0.15) is 60.5 Å². The average Bonchev–Trinajstić information content (AvgIpc) is 2.73. The van der Waals surface area contributed by atoms with Crippen molar-refractivity contribution >= 4 is 23.2 Å². The summed E-state index contributed by atoms with van der Waals surface area (Å²) in [5.41, 5.74) is 1.55. The third-order valence-electron chi connectivity index (χ3n) is 4.03. The first-order chi connectivity index (χ1) is 9.96. The summed E-state index contributed by atoms with van der Waals surface area (Å²) >= 11 is 6.22. The molecule has 0 aliphatic carbocycles. The third kappa shape index (κ3) is 3.11. The molecule has 2 nitrogen and oxygen atoms in total. The number of nitrogens with zero attached hydrogens (tertiary/aromatic N) is 1. The Morgan fingerprint density at radius 3 is 2.14 bits per heavy atom. The van der Waals surface area contributed by atoms with Gasteiger partial charge in [0.1, 0.15) is 0 Å². The second-order valence-corrected chi connectivity index (χ2v) is 5.39. The lowest BCUT2D eigenvalue weighted by Crippen LogP contribution is -2.42. The molecule has 1 aromatic rings. The van der Waals surface area contributed by atoms with Crippen LogP contribution >= 0.6 is 11.6 Å². The van der Waals surface area contributed by atoms with Crippen molar-refractivity contribution in [1.29, 1.82) is 0 Å². The van der Waals surface area contributed by atoms with E-state index in [2.05, 4.69) is 20.8 Å². The summed E-state index contributed by atoms with van der Waals surface area (Å²) in [4.78, 5) is 14.3. The van der Waals surface area contributed by atoms with E-state index in [1.165, 1.54) is 0 Å². The van der Waals surface area contributed by atoms with Gasteiger partial charge in [0.2, 0.25) is 5.91 Å². The normalized spacial score (nSPS) is 19.5. The second-order valence-electron chi connectivity index (χ2n) is 4.98. The Morgan fingerprint density at radius 1 is 1.19 bits per heavy atom. The van der Waals surface area contributed by atoms with E-state index in [9.17, 15) is 4.79 Å². The van der Waals surface area contributed by atoms with Crippen LogP contribution in [-0.2, 0) is 10.2 Å². The van der Waals surface area contributed by atoms with E-state index < -0.39 is 5.41 Å². The fourth-order valence-electron chi connectivity index (χ4n) is 3.04. The van der Waals surface area contributed by atoms with E-state index in [-0.39, 0.29) is 11.8 Å². The molecule has 21 heavy (non-hydrogen) atoms. The highest BCUT2D eigenvalue weighted by Gasteiger charge is 2.50. The van der Waals surface area contributed by atoms with Crippen molar-refractivity contribution in [2.75, 3.05) is 11.9 Å². The Bertz CT molecular complexity index is 470. The van der Waals surface area contributed by atoms with Gasteiger partial charge in [0, 0.05) is 7.05 Å². The highest BCUT2D eigenvalue weighted by Crippen LogP contribution is 2.50. The lowest BCUT2D eigenvalue weighted by atomic mass is 9.70. The quantitative estimate of drug-likeness (QED) is 0.688. The molecule has 0 saturated heterocycles. The van der Waals surface area contributed by atoms with Gasteiger partial charge in [-0.05, 0) is 24.0 Å². The molecule has 1 unspecified atom stereocenters. The SMILES string of the molecule is CC.CC.CCC1(C(C)C)C(=O)N(C)c2c(Cl)cccc21. The molecule has 0 saturated carbocycles. The summed E-state index contributed by atoms with van der Waals surface area (Å²) in [6, 6.07) is 5.81. The van der Waals surface area contributed by atoms with Crippen molar-refractivity contribution in [2.45, 2.75) is 60.3 Å². The molecule has 1 aromatic carbocycles. The van der Waals surface area contributed by atoms with Crippen LogP contribution in [0.15, 0.2) is 18.2 Å². The molecule has 0 N–H and O–H groups in total. The summed E-state index contributed by atoms with van der Waals surface area (Å²) in [6.45, 7) is 14.3. The Kier molecular flexibility index (Phi) is 8.02. The number of anilines is 1. The van der Waals surface area contributed by atoms with Crippen molar-refractivity contribution in [3.05, 3.63) is 28.8 Å². The summed E-state index contributed by atoms with van der Waals surface area (Å²) in [7, 11) is 1.81. The average molecular weight is 312 g/mol. The maximum absolute atomic E-state index is 12.6. The van der Waals surface area contributed by atoms with Crippen LogP contribution < -0.4 is 4.90 Å². The lowest BCUT2D eigenvalue weighted by molar-refractivity contribution is -0.124. The zero-order chi connectivity index (χ0) is 16.8. The number of carbonyl (C=O) groups is 1. The number of halogens is 1. The highest BCUT2D eigenvalue weighted by molar-refractivity contribution is 6.35. The van der Waals surface area contributed by atoms with Gasteiger partial charge in [-0.2, -0.15) is 0 Å². The number of hydrogen-bond donors (Lipinski definition) is 0. The Morgan fingerprint density at radius 2 is 1.71 bits per heavy atom. The Balaban J connectivity index is 0.000000921. The van der Waals surface area contributed by atoms with Crippen LogP contribution in [0.2, 0.25) is 5.02 Å². The molecule has 0 fully saturated rings. The van der Waals surface area contributed by atoms with E-state index in [0.29, 0.717) is 5.02 Å². The van der Waals surface area contributed by atoms with Gasteiger partial charge < -0.3 is 4.90 Å². The standard InChI is InChI=1S/C14H18ClNO.2C2H6/c1-5-14(9(2)3)10-7-6-8-11(15)12(10)16(4)13(14)17;2*1-2/h6-9H,5H2,1-4H3;2*1-2H3. The molecule has 1 aliphatic rings. The highest BCUT2D eigenvalue weighted by atomic mass is 35.5. The monoisotopic (exact) mass is 311 g/mol. The van der Waals surface area contributed by atoms with Crippen molar-refractivity contribution < 1.29 is 4.79 Å². The number of rotatable bonds is 2. The van der Waals surface area contributed by atoms with E-state index in [1.807, 2.05) is 52.9 Å². The van der Waals surface area contributed by atoms with Gasteiger partial charge in [-0.3, -0.25) is 4.79 Å². The van der Waals surface area contributed by atoms with Crippen LogP contribution in [0.3, 0.4) is 0 Å². The fraction of sp³-hybridized carbons (Fsp3) is 0.611. The Labute approximate surface area is 135 Å². The number of fused-ring (bicyclic) bond motifs is 1. The number of para-hydroxylation sites is 1. The number of benzene rings is 1. The van der Waals surface area contributed by atoms with Gasteiger partial charge in [-0.15, -0.1) is 0 Å². The molecule has 1 atom stereocenters. The fourth-order valence-corrected chi connectivity index (χ4v) is 3.34. The summed E-state index contributed by atoms with van der Waals surface area (Å²) < 4.78 is 0. The van der Waals surface area contributed by atoms with Gasteiger partial charge >= 0.3 is 0 Å². The largest absolute Gasteiger partial charge is 0.313 e. The zero-order valence-corrected chi connectivity index (χ0v) is 15.5. The minimum absolute atomic E-state index is 0.165. The van der Waals surface area contributed by atoms with Crippen LogP contribution in [0.25, 0.3) is 0 Å². The third-order valence-corrected chi connectivity index (χ3v) is 4.34. The topological polar surface area (TPSA) is 20.3 Å². The lowest BCUT2D eigenvalue weighted by Gasteiger charge is -2.31. The zero-order valence-electron chi connectivity index (χ0n) is 14.7. The summed E-state index contributed by atoms with van der Waals surface area (Å²) in [5.74, 6) is 0.431. The predicted octanol–water partition coefficient (Wildman–Crippen LogP) is 5.67. The number of likely N-dealkylation sites (N-methyl/N-ethyl adjacent to an activating group) is 1. The molecule has 120 valence electrons. The molecule has 0 radical (unpaired) electrons. The van der Waals surface area contributed by atoms with Crippen LogP contribution in [-0.4, -0.2) is 13.0 Å². The first-order valence-electron chi connectivity index (χ1n) is 8.04. The maximum atomic E-state index is 12.6. The molecule has 0 aromatic heterocycles. The van der Waals surface area contributed by atoms with Crippen LogP contribution in [0.4, 0.5) is 5.69 Å². The maximum Gasteiger partial charge on any atom is 0.237 e. The Hall–Kier alpha value is -1.02. The first kappa shape index (κ1) is 20.0. The number of amides is 1. The van der Waals surface area contributed by atoms with Gasteiger partial charge in [-0.1, -0.05) is 72.2 Å². The second kappa shape index (κ2) is 8.43. The van der Waals surface area contributed by atoms with E-state index in [1.54, 1.807) is 4.90 Å². The van der Waals surface area contributed by atoms with Crippen molar-refractivity contribution in [1.82, 2.24) is 0 Å². The van der Waals surface area contributed by atoms with Gasteiger partial charge in [-0.25, -0.2) is 0 Å². The molecule has 1 aliphatic heterocycles. The molecule has 1 heterocycles. The van der Waals surface area contributed by atoms with Crippen molar-refractivity contribution in [3.8, 4) is 0 Å². The van der Waals surface area contributed by atoms with E-state index >= 15 is 0 Å². The van der Waals surface area contributed by atoms with Gasteiger partial charge in [0.25, 0.3) is 0 Å². The molecule has 1 amide bonds. The van der Waals surface area contributed by atoms with Crippen molar-refractivity contribution in [2.24, 2.45) is 5.92 Å². The van der Waals surface area contributed by atoms with Crippen LogP contribution in [0, 0.1) is 5.92 Å². The molecule has 2 rings (SSSR count). The molecule has 3 heteroatoms. The van der Waals surface area contributed by atoms with Crippen LogP contribution in [0.5, 0.6) is 0 Å². The van der Waals surface area contributed by atoms with Gasteiger partial charge in [0.05, 0.1) is 16.1 Å². The van der Waals surface area contributed by atoms with E-state index in [4.69, 9.17) is 11.6 Å². The predicted molar refractivity (Wildman–Crippen MR) is 94.4 cm³/mol. The summed E-state index contributed by atoms with van der Waals surface area (Å²) in [5, 5.41) is 0.661. The first-order valence-corrected chi connectivity index (χ1v) is 8.41.